The van der Waals surface area contributed by atoms with E-state index in [1.165, 1.54) is 0 Å². The van der Waals surface area contributed by atoms with Crippen molar-refractivity contribution in [2.75, 3.05) is 38.7 Å². The van der Waals surface area contributed by atoms with E-state index in [9.17, 15) is 0 Å². The molecule has 2 nitrogen and oxygen atoms in total. The number of nitrogens with zero attached hydrogens (tertiary/aromatic N) is 1. The van der Waals surface area contributed by atoms with Gasteiger partial charge in [0.1, 0.15) is 0 Å². The van der Waals surface area contributed by atoms with Gasteiger partial charge in [0.15, 0.2) is 0 Å². The van der Waals surface area contributed by atoms with Crippen LogP contribution in [0.4, 0.5) is 0 Å². The van der Waals surface area contributed by atoms with E-state index in [2.05, 4.69) is 11.5 Å². The van der Waals surface area contributed by atoms with Crippen LogP contribution >= 0.6 is 11.6 Å². The molecule has 1 aliphatic heterocycles. The molecule has 12 heavy (non-hydrogen) atoms. The zero-order valence-corrected chi connectivity index (χ0v) is 8.15. The summed E-state index contributed by atoms with van der Waals surface area (Å²) in [6.45, 7) is 8.66. The lowest BCUT2D eigenvalue weighted by molar-refractivity contribution is 0.143. The molecule has 0 aromatic heterocycles. The smallest absolute Gasteiger partial charge is 0.0593 e. The van der Waals surface area contributed by atoms with Crippen LogP contribution in [-0.4, -0.2) is 43.6 Å². The van der Waals surface area contributed by atoms with Crippen molar-refractivity contribution in [3.05, 3.63) is 12.2 Å². The van der Waals surface area contributed by atoms with Crippen LogP contribution in [0.2, 0.25) is 0 Å². The van der Waals surface area contributed by atoms with E-state index in [1.54, 1.807) is 0 Å². The third-order valence-corrected chi connectivity index (χ3v) is 2.33. The van der Waals surface area contributed by atoms with Crippen LogP contribution < -0.4 is 0 Å². The molecule has 0 aromatic carbocycles. The van der Waals surface area contributed by atoms with E-state index in [0.717, 1.165) is 44.8 Å². The molecule has 1 saturated heterocycles. The minimum Gasteiger partial charge on any atom is -0.380 e. The Morgan fingerprint density at radius 3 is 3.00 bits per heavy atom. The van der Waals surface area contributed by atoms with Gasteiger partial charge in [0.25, 0.3) is 0 Å². The molecule has 0 amide bonds. The summed E-state index contributed by atoms with van der Waals surface area (Å²) in [5.74, 6) is 0.567. The first kappa shape index (κ1) is 10.0. The largest absolute Gasteiger partial charge is 0.380 e. The van der Waals surface area contributed by atoms with Crippen LogP contribution in [0.25, 0.3) is 0 Å². The normalized spacial score (nSPS) is 20.4. The van der Waals surface area contributed by atoms with Gasteiger partial charge < -0.3 is 4.74 Å². The second-order valence-corrected chi connectivity index (χ2v) is 3.39. The first-order valence-electron chi connectivity index (χ1n) is 4.35. The summed E-state index contributed by atoms with van der Waals surface area (Å²) < 4.78 is 5.34. The van der Waals surface area contributed by atoms with Crippen molar-refractivity contribution in [3.8, 4) is 0 Å². The van der Waals surface area contributed by atoms with Crippen LogP contribution in [-0.2, 0) is 4.74 Å². The highest BCUT2D eigenvalue weighted by Gasteiger charge is 2.08. The van der Waals surface area contributed by atoms with Gasteiger partial charge in [0.2, 0.25) is 0 Å². The maximum Gasteiger partial charge on any atom is 0.0593 e. The summed E-state index contributed by atoms with van der Waals surface area (Å²) in [6, 6.07) is 0. The Morgan fingerprint density at radius 1 is 1.42 bits per heavy atom. The maximum absolute atomic E-state index is 5.65. The van der Waals surface area contributed by atoms with Crippen molar-refractivity contribution in [1.29, 1.82) is 0 Å². The summed E-state index contributed by atoms with van der Waals surface area (Å²) >= 11 is 5.65. The van der Waals surface area contributed by atoms with Gasteiger partial charge in [-0.15, -0.1) is 11.6 Å². The lowest BCUT2D eigenvalue weighted by Gasteiger charge is -2.19. The molecule has 0 aromatic rings. The molecule has 0 spiro atoms. The predicted octanol–water partition coefficient (Wildman–Crippen LogP) is 1.50. The van der Waals surface area contributed by atoms with Gasteiger partial charge in [0, 0.05) is 32.1 Å². The minimum absolute atomic E-state index is 0.567. The average Bonchev–Trinajstić information content (AvgIpc) is 2.33. The number of rotatable bonds is 3. The Labute approximate surface area is 79.1 Å². The highest BCUT2D eigenvalue weighted by molar-refractivity contribution is 6.19. The molecule has 1 heterocycles. The Hall–Kier alpha value is -0.0500. The summed E-state index contributed by atoms with van der Waals surface area (Å²) in [5, 5.41) is 0. The molecule has 1 aliphatic rings. The minimum atomic E-state index is 0.567. The molecule has 70 valence electrons. The van der Waals surface area contributed by atoms with Gasteiger partial charge in [-0.25, -0.2) is 0 Å². The summed E-state index contributed by atoms with van der Waals surface area (Å²) in [7, 11) is 0. The molecular weight excluding hydrogens is 174 g/mol. The second kappa shape index (κ2) is 5.57. The van der Waals surface area contributed by atoms with E-state index in [0.29, 0.717) is 5.88 Å². The molecule has 0 N–H and O–H groups in total. The molecule has 0 bridgehead atoms. The fraction of sp³-hybridized carbons (Fsp3) is 0.778. The van der Waals surface area contributed by atoms with Crippen molar-refractivity contribution in [2.45, 2.75) is 6.42 Å². The zero-order valence-electron chi connectivity index (χ0n) is 7.39. The summed E-state index contributed by atoms with van der Waals surface area (Å²) in [4.78, 5) is 2.34. The maximum atomic E-state index is 5.65. The molecule has 0 saturated carbocycles. The van der Waals surface area contributed by atoms with E-state index >= 15 is 0 Å². The number of alkyl halides is 1. The lowest BCUT2D eigenvalue weighted by atomic mass is 10.3. The number of ether oxygens (including phenoxy) is 1. The SMILES string of the molecule is C=C(CCl)CN1CCCOCC1. The first-order valence-corrected chi connectivity index (χ1v) is 4.89. The van der Waals surface area contributed by atoms with Gasteiger partial charge >= 0.3 is 0 Å². The average molecular weight is 190 g/mol. The Morgan fingerprint density at radius 2 is 2.25 bits per heavy atom. The molecule has 0 aliphatic carbocycles. The topological polar surface area (TPSA) is 12.5 Å². The van der Waals surface area contributed by atoms with Crippen molar-refractivity contribution in [3.63, 3.8) is 0 Å². The lowest BCUT2D eigenvalue weighted by Crippen LogP contribution is -2.28. The van der Waals surface area contributed by atoms with Crippen molar-refractivity contribution in [1.82, 2.24) is 4.90 Å². The fourth-order valence-electron chi connectivity index (χ4n) is 1.31. The van der Waals surface area contributed by atoms with Gasteiger partial charge in [-0.3, -0.25) is 4.90 Å². The highest BCUT2D eigenvalue weighted by atomic mass is 35.5. The molecule has 0 radical (unpaired) electrons. The number of halogens is 1. The predicted molar refractivity (Wildman–Crippen MR) is 51.7 cm³/mol. The zero-order chi connectivity index (χ0) is 8.81. The number of hydrogen-bond acceptors (Lipinski definition) is 2. The Bertz CT molecular complexity index is 141. The van der Waals surface area contributed by atoms with Gasteiger partial charge in [0.05, 0.1) is 6.61 Å². The van der Waals surface area contributed by atoms with Crippen LogP contribution in [0.1, 0.15) is 6.42 Å². The van der Waals surface area contributed by atoms with Gasteiger partial charge in [-0.1, -0.05) is 6.58 Å². The molecular formula is C9H16ClNO. The highest BCUT2D eigenvalue weighted by Crippen LogP contribution is 2.03. The summed E-state index contributed by atoms with van der Waals surface area (Å²) in [6.07, 6.45) is 1.12. The van der Waals surface area contributed by atoms with Gasteiger partial charge in [-0.2, -0.15) is 0 Å². The monoisotopic (exact) mass is 189 g/mol. The van der Waals surface area contributed by atoms with Gasteiger partial charge in [-0.05, 0) is 12.0 Å². The quantitative estimate of drug-likeness (QED) is 0.493. The molecule has 0 unspecified atom stereocenters. The van der Waals surface area contributed by atoms with E-state index in [4.69, 9.17) is 16.3 Å². The number of hydrogen-bond donors (Lipinski definition) is 0. The first-order chi connectivity index (χ1) is 5.83. The third kappa shape index (κ3) is 3.57. The van der Waals surface area contributed by atoms with E-state index in [-0.39, 0.29) is 0 Å². The van der Waals surface area contributed by atoms with Crippen molar-refractivity contribution < 1.29 is 4.74 Å². The van der Waals surface area contributed by atoms with Crippen LogP contribution in [0.15, 0.2) is 12.2 Å². The Kier molecular flexibility index (Phi) is 4.66. The van der Waals surface area contributed by atoms with Crippen molar-refractivity contribution in [2.24, 2.45) is 0 Å². The molecule has 0 atom stereocenters. The van der Waals surface area contributed by atoms with Crippen LogP contribution in [0.3, 0.4) is 0 Å². The molecule has 1 rings (SSSR count). The standard InChI is InChI=1S/C9H16ClNO/c1-9(7-10)8-11-3-2-5-12-6-4-11/h1-8H2. The second-order valence-electron chi connectivity index (χ2n) is 3.13. The molecule has 3 heteroatoms. The van der Waals surface area contributed by atoms with E-state index in [1.807, 2.05) is 0 Å². The van der Waals surface area contributed by atoms with Crippen LogP contribution in [0.5, 0.6) is 0 Å². The van der Waals surface area contributed by atoms with E-state index < -0.39 is 0 Å². The third-order valence-electron chi connectivity index (χ3n) is 1.95. The Balaban J connectivity index is 2.24. The van der Waals surface area contributed by atoms with Crippen LogP contribution in [0, 0.1) is 0 Å². The fourth-order valence-corrected chi connectivity index (χ4v) is 1.40. The van der Waals surface area contributed by atoms with Crippen molar-refractivity contribution >= 4 is 11.6 Å². The summed E-state index contributed by atoms with van der Waals surface area (Å²) in [5.41, 5.74) is 1.10. The molecule has 1 fully saturated rings.